The topological polar surface area (TPSA) is 138 Å². The van der Waals surface area contributed by atoms with E-state index in [1.807, 2.05) is 50.2 Å². The molecule has 0 unspecified atom stereocenters. The van der Waals surface area contributed by atoms with Crippen molar-refractivity contribution in [1.29, 1.82) is 0 Å². The van der Waals surface area contributed by atoms with Crippen molar-refractivity contribution in [2.45, 2.75) is 71.0 Å². The highest BCUT2D eigenvalue weighted by molar-refractivity contribution is 6.11. The number of fused-ring (bicyclic) bond motifs is 2. The molecule has 4 amide bonds. The van der Waals surface area contributed by atoms with Crippen molar-refractivity contribution in [1.82, 2.24) is 30.2 Å². The molecule has 0 bridgehead atoms. The van der Waals surface area contributed by atoms with Gasteiger partial charge in [-0.25, -0.2) is 4.39 Å². The molecular weight excluding hydrogens is 802 g/mol. The molecule has 6 aliphatic rings. The zero-order chi connectivity index (χ0) is 43.6. The smallest absolute Gasteiger partial charge is 0.255 e. The summed E-state index contributed by atoms with van der Waals surface area (Å²) in [5.41, 5.74) is 4.82. The third-order valence-electron chi connectivity index (χ3n) is 15.0. The summed E-state index contributed by atoms with van der Waals surface area (Å²) in [7, 11) is 1.62. The summed E-state index contributed by atoms with van der Waals surface area (Å²) in [5, 5.41) is 10.4. The number of aromatic amines is 1. The van der Waals surface area contributed by atoms with Gasteiger partial charge in [-0.15, -0.1) is 0 Å². The van der Waals surface area contributed by atoms with Crippen LogP contribution in [0.2, 0.25) is 0 Å². The number of benzene rings is 3. The Bertz CT molecular complexity index is 2430. The summed E-state index contributed by atoms with van der Waals surface area (Å²) in [6.45, 7) is 14.3. The van der Waals surface area contributed by atoms with Crippen LogP contribution < -0.4 is 24.8 Å². The molecule has 10 rings (SSSR count). The van der Waals surface area contributed by atoms with Crippen LogP contribution in [0.15, 0.2) is 54.7 Å². The van der Waals surface area contributed by atoms with Crippen molar-refractivity contribution in [2.75, 3.05) is 87.3 Å². The second-order valence-corrected chi connectivity index (χ2v) is 19.2. The molecule has 0 saturated carbocycles. The minimum atomic E-state index is -0.738. The first-order valence-electron chi connectivity index (χ1n) is 22.8. The van der Waals surface area contributed by atoms with E-state index in [1.165, 1.54) is 0 Å². The van der Waals surface area contributed by atoms with Crippen molar-refractivity contribution in [3.63, 3.8) is 0 Å². The predicted molar refractivity (Wildman–Crippen MR) is 238 cm³/mol. The molecule has 0 spiro atoms. The van der Waals surface area contributed by atoms with Gasteiger partial charge in [-0.1, -0.05) is 6.07 Å². The van der Waals surface area contributed by atoms with Gasteiger partial charge in [0.15, 0.2) is 0 Å². The molecule has 5 fully saturated rings. The SMILES string of the molecule is COc1cc(N2CCC(CN3CCN(CC4CCN(c5ccc6c(c5)CN([C@H]5CCC(=O)NC5=O)C6=O)CC4)CC3)CC2)c(F)cc1[C@@H]1N(c2cccc3[nH]ncc23)C(=O)C1(C)C. The number of β-lactam (4-membered cyclic amide) rings is 1. The number of anilines is 3. The molecule has 3 aromatic carbocycles. The molecule has 63 heavy (non-hydrogen) atoms. The Morgan fingerprint density at radius 3 is 2.16 bits per heavy atom. The number of ether oxygens (including phenoxy) is 1. The molecule has 6 aliphatic heterocycles. The highest BCUT2D eigenvalue weighted by Gasteiger charge is 2.57. The van der Waals surface area contributed by atoms with Crippen LogP contribution in [-0.4, -0.2) is 127 Å². The summed E-state index contributed by atoms with van der Waals surface area (Å²) < 4.78 is 22.1. The molecular formula is C48H58FN9O5. The average molecular weight is 860 g/mol. The Hall–Kier alpha value is -5.54. The highest BCUT2D eigenvalue weighted by Crippen LogP contribution is 2.55. The van der Waals surface area contributed by atoms with Crippen molar-refractivity contribution < 1.29 is 28.3 Å². The second kappa shape index (κ2) is 16.5. The van der Waals surface area contributed by atoms with E-state index >= 15 is 4.39 Å². The molecule has 7 heterocycles. The minimum Gasteiger partial charge on any atom is -0.496 e. The standard InChI is InChI=1S/C48H58FN9O5/c1-48(2)44(58(47(48)62)39-6-4-5-38-36(39)26-50-52-38)35-24-37(49)41(25-42(35)63-3)56-17-13-31(14-18-56)28-54-21-19-53(20-22-54)27-30-11-15-55(16-12-30)33-7-8-34-32(23-33)29-57(46(34)61)40-9-10-43(59)51-45(40)60/h4-8,23-26,30-31,40,44H,9-22,27-29H2,1-3H3,(H,50,52)(H,51,59,60)/t40-,44-/m0/s1. The van der Waals surface area contributed by atoms with E-state index in [-0.39, 0.29) is 35.9 Å². The van der Waals surface area contributed by atoms with Crippen LogP contribution in [-0.2, 0) is 20.9 Å². The van der Waals surface area contributed by atoms with Crippen molar-refractivity contribution >= 4 is 51.6 Å². The first kappa shape index (κ1) is 41.5. The Labute approximate surface area is 367 Å². The number of rotatable bonds is 10. The fourth-order valence-electron chi connectivity index (χ4n) is 11.3. The van der Waals surface area contributed by atoms with E-state index in [0.717, 1.165) is 119 Å². The normalized spacial score (nSPS) is 24.0. The number of piperidine rings is 3. The molecule has 2 atom stereocenters. The lowest BCUT2D eigenvalue weighted by Gasteiger charge is -2.53. The van der Waals surface area contributed by atoms with E-state index < -0.39 is 17.5 Å². The molecule has 0 radical (unpaired) electrons. The molecule has 332 valence electrons. The summed E-state index contributed by atoms with van der Waals surface area (Å²) in [6, 6.07) is 14.2. The van der Waals surface area contributed by atoms with E-state index in [2.05, 4.69) is 41.2 Å². The van der Waals surface area contributed by atoms with Gasteiger partial charge >= 0.3 is 0 Å². The number of methoxy groups -OCH3 is 1. The summed E-state index contributed by atoms with van der Waals surface area (Å²) in [6.07, 6.45) is 6.63. The number of hydrogen-bond acceptors (Lipinski definition) is 10. The van der Waals surface area contributed by atoms with Crippen molar-refractivity contribution in [3.8, 4) is 5.75 Å². The van der Waals surface area contributed by atoms with Gasteiger partial charge in [0.2, 0.25) is 17.7 Å². The summed E-state index contributed by atoms with van der Waals surface area (Å²) in [4.78, 5) is 64.1. The van der Waals surface area contributed by atoms with Gasteiger partial charge in [-0.05, 0) is 99.7 Å². The van der Waals surface area contributed by atoms with Crippen LogP contribution in [0.1, 0.15) is 79.9 Å². The van der Waals surface area contributed by atoms with Crippen LogP contribution >= 0.6 is 0 Å². The van der Waals surface area contributed by atoms with Gasteiger partial charge in [0, 0.05) is 107 Å². The van der Waals surface area contributed by atoms with Crippen molar-refractivity contribution in [2.24, 2.45) is 17.3 Å². The van der Waals surface area contributed by atoms with E-state index in [1.54, 1.807) is 29.2 Å². The van der Waals surface area contributed by atoms with Gasteiger partial charge < -0.3 is 34.1 Å². The molecule has 2 N–H and O–H groups in total. The zero-order valence-electron chi connectivity index (χ0n) is 36.6. The maximum absolute atomic E-state index is 16.2. The van der Waals surface area contributed by atoms with Crippen LogP contribution in [0.4, 0.5) is 21.5 Å². The number of aromatic nitrogens is 2. The van der Waals surface area contributed by atoms with Gasteiger partial charge in [0.05, 0.1) is 41.7 Å². The molecule has 5 saturated heterocycles. The number of nitrogens with zero attached hydrogens (tertiary/aromatic N) is 7. The number of nitrogens with one attached hydrogen (secondary N) is 2. The second-order valence-electron chi connectivity index (χ2n) is 19.2. The largest absolute Gasteiger partial charge is 0.496 e. The first-order chi connectivity index (χ1) is 30.5. The Morgan fingerprint density at radius 1 is 0.810 bits per heavy atom. The Balaban J connectivity index is 0.683. The number of imide groups is 1. The van der Waals surface area contributed by atoms with Crippen LogP contribution in [0.5, 0.6) is 5.75 Å². The number of carbonyl (C=O) groups is 4. The lowest BCUT2D eigenvalue weighted by Crippen LogP contribution is -2.61. The van der Waals surface area contributed by atoms with Gasteiger partial charge in [-0.3, -0.25) is 29.6 Å². The molecule has 0 aliphatic carbocycles. The molecule has 15 heteroatoms. The van der Waals surface area contributed by atoms with Gasteiger partial charge in [0.1, 0.15) is 17.6 Å². The van der Waals surface area contributed by atoms with Gasteiger partial charge in [-0.2, -0.15) is 5.10 Å². The number of carbonyl (C=O) groups excluding carboxylic acids is 4. The molecule has 4 aromatic rings. The zero-order valence-corrected chi connectivity index (χ0v) is 36.6. The fraction of sp³-hybridized carbons (Fsp3) is 0.521. The maximum atomic E-state index is 16.2. The van der Waals surface area contributed by atoms with E-state index in [4.69, 9.17) is 4.74 Å². The van der Waals surface area contributed by atoms with Crippen LogP contribution in [0.3, 0.4) is 0 Å². The summed E-state index contributed by atoms with van der Waals surface area (Å²) >= 11 is 0. The number of piperazine rings is 1. The minimum absolute atomic E-state index is 0.0221. The van der Waals surface area contributed by atoms with Crippen LogP contribution in [0, 0.1) is 23.1 Å². The maximum Gasteiger partial charge on any atom is 0.255 e. The van der Waals surface area contributed by atoms with Crippen LogP contribution in [0.25, 0.3) is 10.9 Å². The summed E-state index contributed by atoms with van der Waals surface area (Å²) in [5.74, 6) is 0.720. The predicted octanol–water partition coefficient (Wildman–Crippen LogP) is 5.34. The lowest BCUT2D eigenvalue weighted by molar-refractivity contribution is -0.138. The van der Waals surface area contributed by atoms with E-state index in [9.17, 15) is 19.2 Å². The average Bonchev–Trinajstić information content (AvgIpc) is 3.91. The molecule has 14 nitrogen and oxygen atoms in total. The monoisotopic (exact) mass is 859 g/mol. The highest BCUT2D eigenvalue weighted by atomic mass is 19.1. The fourth-order valence-corrected chi connectivity index (χ4v) is 11.3. The molecule has 1 aromatic heterocycles. The van der Waals surface area contributed by atoms with E-state index in [0.29, 0.717) is 47.4 Å². The first-order valence-corrected chi connectivity index (χ1v) is 22.8. The number of halogens is 1. The van der Waals surface area contributed by atoms with Crippen molar-refractivity contribution in [3.05, 3.63) is 77.2 Å². The Kier molecular flexibility index (Phi) is 10.9. The van der Waals surface area contributed by atoms with Gasteiger partial charge in [0.25, 0.3) is 5.91 Å². The Morgan fingerprint density at radius 2 is 1.49 bits per heavy atom. The number of amides is 4. The number of hydrogen-bond donors (Lipinski definition) is 2. The number of H-pyrrole nitrogens is 1. The third-order valence-corrected chi connectivity index (χ3v) is 15.0. The lowest BCUT2D eigenvalue weighted by atomic mass is 9.70. The third kappa shape index (κ3) is 7.60. The quantitative estimate of drug-likeness (QED) is 0.159.